The Bertz CT molecular complexity index is 336. The van der Waals surface area contributed by atoms with E-state index in [9.17, 15) is 0 Å². The third kappa shape index (κ3) is 1.17. The van der Waals surface area contributed by atoms with Gasteiger partial charge in [-0.1, -0.05) is 34.8 Å². The lowest BCUT2D eigenvalue weighted by atomic mass is 10.2. The number of hydrogen-bond acceptors (Lipinski definition) is 1. The number of nitrogens with one attached hydrogen (secondary N) is 1. The maximum atomic E-state index is 5.98. The molecule has 1 aromatic carbocycles. The highest BCUT2D eigenvalue weighted by atomic mass is 35.5. The Labute approximate surface area is 85.6 Å². The van der Waals surface area contributed by atoms with Crippen molar-refractivity contribution in [2.24, 2.45) is 0 Å². The van der Waals surface area contributed by atoms with Crippen molar-refractivity contribution in [3.05, 3.63) is 26.7 Å². The summed E-state index contributed by atoms with van der Waals surface area (Å²) in [7, 11) is 0. The molecule has 1 aromatic rings. The Balaban J connectivity index is 2.69. The highest BCUT2D eigenvalue weighted by Gasteiger charge is 2.18. The van der Waals surface area contributed by atoms with Gasteiger partial charge in [0.15, 0.2) is 0 Å². The Hall–Kier alpha value is -0.110. The van der Waals surface area contributed by atoms with E-state index in [4.69, 9.17) is 34.8 Å². The maximum Gasteiger partial charge on any atom is 0.0656 e. The number of benzene rings is 1. The Morgan fingerprint density at radius 3 is 2.67 bits per heavy atom. The van der Waals surface area contributed by atoms with E-state index in [0.29, 0.717) is 15.1 Å². The third-order valence-electron chi connectivity index (χ3n) is 1.95. The van der Waals surface area contributed by atoms with Gasteiger partial charge in [0, 0.05) is 6.54 Å². The molecule has 1 aliphatic heterocycles. The van der Waals surface area contributed by atoms with Crippen LogP contribution >= 0.6 is 34.8 Å². The lowest BCUT2D eigenvalue weighted by Crippen LogP contribution is -1.91. The fourth-order valence-electron chi connectivity index (χ4n) is 1.38. The van der Waals surface area contributed by atoms with E-state index in [1.807, 2.05) is 0 Å². The molecule has 4 heteroatoms. The predicted molar refractivity (Wildman–Crippen MR) is 53.7 cm³/mol. The van der Waals surface area contributed by atoms with Crippen molar-refractivity contribution in [3.8, 4) is 0 Å². The molecule has 0 saturated heterocycles. The molecule has 0 atom stereocenters. The zero-order valence-corrected chi connectivity index (χ0v) is 8.39. The van der Waals surface area contributed by atoms with Gasteiger partial charge in [0.05, 0.1) is 20.8 Å². The first-order valence-corrected chi connectivity index (χ1v) is 4.74. The van der Waals surface area contributed by atoms with Crippen LogP contribution in [0.15, 0.2) is 6.07 Å². The van der Waals surface area contributed by atoms with Crippen molar-refractivity contribution in [1.29, 1.82) is 0 Å². The van der Waals surface area contributed by atoms with Crippen LogP contribution in [-0.4, -0.2) is 6.54 Å². The Kier molecular flexibility index (Phi) is 2.11. The molecule has 0 amide bonds. The first kappa shape index (κ1) is 8.49. The molecular weight excluding hydrogens is 216 g/mol. The molecule has 0 aromatic heterocycles. The van der Waals surface area contributed by atoms with Crippen LogP contribution in [-0.2, 0) is 6.42 Å². The number of fused-ring (bicyclic) bond motifs is 1. The van der Waals surface area contributed by atoms with E-state index in [2.05, 4.69) is 5.32 Å². The number of halogens is 3. The van der Waals surface area contributed by atoms with E-state index in [1.54, 1.807) is 6.07 Å². The van der Waals surface area contributed by atoms with Crippen molar-refractivity contribution in [1.82, 2.24) is 0 Å². The summed E-state index contributed by atoms with van der Waals surface area (Å²) in [5, 5.41) is 4.97. The summed E-state index contributed by atoms with van der Waals surface area (Å²) in [5.74, 6) is 0. The van der Waals surface area contributed by atoms with Gasteiger partial charge in [-0.25, -0.2) is 0 Å². The zero-order valence-electron chi connectivity index (χ0n) is 6.13. The second kappa shape index (κ2) is 2.99. The highest BCUT2D eigenvalue weighted by Crippen LogP contribution is 2.40. The monoisotopic (exact) mass is 221 g/mol. The van der Waals surface area contributed by atoms with Gasteiger partial charge >= 0.3 is 0 Å². The zero-order chi connectivity index (χ0) is 8.72. The van der Waals surface area contributed by atoms with Gasteiger partial charge < -0.3 is 5.32 Å². The van der Waals surface area contributed by atoms with Crippen LogP contribution < -0.4 is 5.32 Å². The van der Waals surface area contributed by atoms with E-state index in [-0.39, 0.29) is 0 Å². The minimum absolute atomic E-state index is 0.532. The summed E-state index contributed by atoms with van der Waals surface area (Å²) in [4.78, 5) is 0. The van der Waals surface area contributed by atoms with Crippen molar-refractivity contribution in [2.45, 2.75) is 6.42 Å². The van der Waals surface area contributed by atoms with Gasteiger partial charge in [-0.2, -0.15) is 0 Å². The molecule has 0 bridgehead atoms. The van der Waals surface area contributed by atoms with E-state index in [0.717, 1.165) is 24.2 Å². The summed E-state index contributed by atoms with van der Waals surface area (Å²) >= 11 is 17.8. The molecule has 0 aliphatic carbocycles. The van der Waals surface area contributed by atoms with Crippen LogP contribution in [0.2, 0.25) is 15.1 Å². The van der Waals surface area contributed by atoms with Gasteiger partial charge in [-0.05, 0) is 18.1 Å². The standard InChI is InChI=1S/C8H6Cl3N/c9-5-3-6(10)8-4(7(5)11)1-2-12-8/h3,12H,1-2H2. The van der Waals surface area contributed by atoms with Gasteiger partial charge in [0.25, 0.3) is 0 Å². The van der Waals surface area contributed by atoms with Gasteiger partial charge in [0.2, 0.25) is 0 Å². The average Bonchev–Trinajstić information content (AvgIpc) is 2.48. The number of anilines is 1. The fourth-order valence-corrected chi connectivity index (χ4v) is 2.20. The first-order valence-electron chi connectivity index (χ1n) is 3.60. The van der Waals surface area contributed by atoms with Gasteiger partial charge in [0.1, 0.15) is 0 Å². The lowest BCUT2D eigenvalue weighted by Gasteiger charge is -2.05. The van der Waals surface area contributed by atoms with Crippen LogP contribution in [0.5, 0.6) is 0 Å². The molecule has 2 rings (SSSR count). The van der Waals surface area contributed by atoms with Crippen molar-refractivity contribution < 1.29 is 0 Å². The van der Waals surface area contributed by atoms with Crippen LogP contribution in [0, 0.1) is 0 Å². The second-order valence-corrected chi connectivity index (χ2v) is 3.88. The Morgan fingerprint density at radius 2 is 1.92 bits per heavy atom. The smallest absolute Gasteiger partial charge is 0.0656 e. The highest BCUT2D eigenvalue weighted by molar-refractivity contribution is 6.44. The summed E-state index contributed by atoms with van der Waals surface area (Å²) in [5.41, 5.74) is 1.97. The van der Waals surface area contributed by atoms with E-state index >= 15 is 0 Å². The molecular formula is C8H6Cl3N. The minimum Gasteiger partial charge on any atom is -0.383 e. The number of rotatable bonds is 0. The van der Waals surface area contributed by atoms with Crippen LogP contribution in [0.4, 0.5) is 5.69 Å². The SMILES string of the molecule is Clc1cc(Cl)c2c(c1Cl)CCN2. The normalized spacial score (nSPS) is 14.2. The fraction of sp³-hybridized carbons (Fsp3) is 0.250. The summed E-state index contributed by atoms with van der Waals surface area (Å²) in [6, 6.07) is 1.67. The molecule has 1 heterocycles. The third-order valence-corrected chi connectivity index (χ3v) is 3.07. The van der Waals surface area contributed by atoms with Crippen LogP contribution in [0.1, 0.15) is 5.56 Å². The summed E-state index contributed by atoms with van der Waals surface area (Å²) in [6.45, 7) is 0.884. The minimum atomic E-state index is 0.532. The Morgan fingerprint density at radius 1 is 1.17 bits per heavy atom. The molecule has 1 aliphatic rings. The summed E-state index contributed by atoms with van der Waals surface area (Å²) < 4.78 is 0. The number of hydrogen-bond donors (Lipinski definition) is 1. The molecule has 1 nitrogen and oxygen atoms in total. The largest absolute Gasteiger partial charge is 0.383 e. The first-order chi connectivity index (χ1) is 5.70. The van der Waals surface area contributed by atoms with Gasteiger partial charge in [-0.15, -0.1) is 0 Å². The van der Waals surface area contributed by atoms with E-state index < -0.39 is 0 Å². The topological polar surface area (TPSA) is 12.0 Å². The molecule has 0 radical (unpaired) electrons. The molecule has 0 spiro atoms. The summed E-state index contributed by atoms with van der Waals surface area (Å²) in [6.07, 6.45) is 0.897. The quantitative estimate of drug-likeness (QED) is 0.661. The van der Waals surface area contributed by atoms with Crippen molar-refractivity contribution >= 4 is 40.5 Å². The lowest BCUT2D eigenvalue weighted by molar-refractivity contribution is 1.11. The van der Waals surface area contributed by atoms with Crippen LogP contribution in [0.3, 0.4) is 0 Å². The van der Waals surface area contributed by atoms with Crippen molar-refractivity contribution in [2.75, 3.05) is 11.9 Å². The molecule has 0 saturated carbocycles. The molecule has 1 N–H and O–H groups in total. The molecule has 12 heavy (non-hydrogen) atoms. The van der Waals surface area contributed by atoms with E-state index in [1.165, 1.54) is 0 Å². The molecule has 0 fully saturated rings. The average molecular weight is 223 g/mol. The second-order valence-electron chi connectivity index (χ2n) is 2.68. The predicted octanol–water partition coefficient (Wildman–Crippen LogP) is 3.61. The van der Waals surface area contributed by atoms with Gasteiger partial charge in [-0.3, -0.25) is 0 Å². The maximum absolute atomic E-state index is 5.98. The molecule has 64 valence electrons. The molecule has 0 unspecified atom stereocenters. The van der Waals surface area contributed by atoms with Crippen molar-refractivity contribution in [3.63, 3.8) is 0 Å². The van der Waals surface area contributed by atoms with Crippen LogP contribution in [0.25, 0.3) is 0 Å².